The first-order chi connectivity index (χ1) is 9.76. The van der Waals surface area contributed by atoms with Crippen LogP contribution in [0.25, 0.3) is 0 Å². The molecule has 1 aromatic carbocycles. The van der Waals surface area contributed by atoms with Crippen molar-refractivity contribution in [1.82, 2.24) is 9.36 Å². The van der Waals surface area contributed by atoms with Gasteiger partial charge in [0.1, 0.15) is 0 Å². The maximum Gasteiger partial charge on any atom is 0.237 e. The zero-order chi connectivity index (χ0) is 13.9. The molecule has 0 spiro atoms. The number of fused-ring (bicyclic) bond motifs is 1. The van der Waals surface area contributed by atoms with E-state index in [9.17, 15) is 4.79 Å². The van der Waals surface area contributed by atoms with E-state index in [0.717, 1.165) is 28.0 Å². The van der Waals surface area contributed by atoms with Crippen LogP contribution in [0.5, 0.6) is 0 Å². The van der Waals surface area contributed by atoms with Crippen LogP contribution in [-0.2, 0) is 11.2 Å². The first-order valence-electron chi connectivity index (χ1n) is 6.19. The van der Waals surface area contributed by atoms with Crippen molar-refractivity contribution in [3.63, 3.8) is 0 Å². The Labute approximate surface area is 129 Å². The number of benzene rings is 1. The van der Waals surface area contributed by atoms with E-state index in [0.29, 0.717) is 0 Å². The number of hydrogen-bond acceptors (Lipinski definition) is 6. The summed E-state index contributed by atoms with van der Waals surface area (Å²) in [5, 5.41) is 3.67. The second-order valence-electron chi connectivity index (χ2n) is 4.34. The van der Waals surface area contributed by atoms with Crippen LogP contribution in [0, 0.1) is 0 Å². The summed E-state index contributed by atoms with van der Waals surface area (Å²) in [4.78, 5) is 16.7. The van der Waals surface area contributed by atoms with Crippen LogP contribution < -0.4 is 5.32 Å². The second-order valence-corrected chi connectivity index (χ2v) is 7.31. The summed E-state index contributed by atoms with van der Waals surface area (Å²) in [7, 11) is 0. The van der Waals surface area contributed by atoms with Crippen LogP contribution in [0.4, 0.5) is 5.69 Å². The zero-order valence-electron chi connectivity index (χ0n) is 10.8. The van der Waals surface area contributed by atoms with Gasteiger partial charge in [-0.1, -0.05) is 41.7 Å². The number of rotatable bonds is 3. The third kappa shape index (κ3) is 2.99. The van der Waals surface area contributed by atoms with Gasteiger partial charge in [-0.15, -0.1) is 0 Å². The highest BCUT2D eigenvalue weighted by Crippen LogP contribution is 2.33. The molecule has 104 valence electrons. The van der Waals surface area contributed by atoms with Crippen LogP contribution >= 0.6 is 35.1 Å². The molecule has 1 aliphatic heterocycles. The number of carbonyl (C=O) groups excluding carboxylic acids is 1. The van der Waals surface area contributed by atoms with Crippen molar-refractivity contribution in [1.29, 1.82) is 0 Å². The summed E-state index contributed by atoms with van der Waals surface area (Å²) < 4.78 is 5.09. The van der Waals surface area contributed by atoms with Crippen LogP contribution in [0.3, 0.4) is 0 Å². The molecular formula is C13H13N3OS3. The number of aromatic nitrogens is 2. The average Bonchev–Trinajstić information content (AvgIpc) is 2.85. The largest absolute Gasteiger partial charge is 0.325 e. The monoisotopic (exact) mass is 323 g/mol. The van der Waals surface area contributed by atoms with Gasteiger partial charge >= 0.3 is 0 Å². The third-order valence-corrected chi connectivity index (χ3v) is 5.77. The molecule has 7 heteroatoms. The number of aryl methyl sites for hydroxylation is 1. The highest BCUT2D eigenvalue weighted by atomic mass is 32.2. The fraction of sp³-hybridized carbons (Fsp3) is 0.308. The lowest BCUT2D eigenvalue weighted by Crippen LogP contribution is -2.23. The van der Waals surface area contributed by atoms with Crippen molar-refractivity contribution in [2.24, 2.45) is 0 Å². The smallest absolute Gasteiger partial charge is 0.237 e. The molecule has 1 atom stereocenters. The lowest BCUT2D eigenvalue weighted by atomic mass is 10.1. The van der Waals surface area contributed by atoms with Gasteiger partial charge in [0.2, 0.25) is 11.1 Å². The highest BCUT2D eigenvalue weighted by Gasteiger charge is 2.25. The molecule has 0 saturated carbocycles. The van der Waals surface area contributed by atoms with Gasteiger partial charge in [-0.2, -0.15) is 4.37 Å². The number of hydrogen-bond donors (Lipinski definition) is 1. The maximum atomic E-state index is 12.3. The van der Waals surface area contributed by atoms with E-state index < -0.39 is 0 Å². The third-order valence-electron chi connectivity index (χ3n) is 3.06. The number of amides is 1. The standard InChI is InChI=1S/C13H13N3OS3/c1-18-12-15-13(20-16-12)19-10-7-6-8-4-2-3-5-9(8)14-11(10)17/h2-5,10H,6-7H2,1H3,(H,14,17)/t10-/m0/s1. The highest BCUT2D eigenvalue weighted by molar-refractivity contribution is 8.02. The Hall–Kier alpha value is -1.05. The number of anilines is 1. The van der Waals surface area contributed by atoms with E-state index in [1.807, 2.05) is 24.5 Å². The minimum absolute atomic E-state index is 0.0563. The number of carbonyl (C=O) groups is 1. The Morgan fingerprint density at radius 1 is 1.40 bits per heavy atom. The molecule has 0 aliphatic carbocycles. The molecule has 1 aliphatic rings. The van der Waals surface area contributed by atoms with E-state index in [1.54, 1.807) is 0 Å². The minimum atomic E-state index is -0.106. The Bertz CT molecular complexity index is 629. The Morgan fingerprint density at radius 2 is 2.25 bits per heavy atom. The number of para-hydroxylation sites is 1. The van der Waals surface area contributed by atoms with Crippen molar-refractivity contribution in [3.8, 4) is 0 Å². The lowest BCUT2D eigenvalue weighted by molar-refractivity contribution is -0.115. The van der Waals surface area contributed by atoms with E-state index in [1.165, 1.54) is 40.6 Å². The summed E-state index contributed by atoms with van der Waals surface area (Å²) in [5.74, 6) is 0.0563. The summed E-state index contributed by atoms with van der Waals surface area (Å²) in [6, 6.07) is 7.98. The van der Waals surface area contributed by atoms with E-state index in [4.69, 9.17) is 0 Å². The van der Waals surface area contributed by atoms with E-state index >= 15 is 0 Å². The molecule has 0 radical (unpaired) electrons. The zero-order valence-corrected chi connectivity index (χ0v) is 13.3. The molecule has 0 saturated heterocycles. The van der Waals surface area contributed by atoms with Crippen LogP contribution in [0.15, 0.2) is 33.8 Å². The summed E-state index contributed by atoms with van der Waals surface area (Å²) in [6.45, 7) is 0. The van der Waals surface area contributed by atoms with Gasteiger partial charge in [0.15, 0.2) is 4.34 Å². The van der Waals surface area contributed by atoms with Gasteiger partial charge in [0.25, 0.3) is 0 Å². The van der Waals surface area contributed by atoms with E-state index in [2.05, 4.69) is 20.7 Å². The number of thioether (sulfide) groups is 2. The molecule has 0 fully saturated rings. The summed E-state index contributed by atoms with van der Waals surface area (Å²) in [6.07, 6.45) is 3.67. The van der Waals surface area contributed by atoms with Crippen molar-refractivity contribution in [2.75, 3.05) is 11.6 Å². The van der Waals surface area contributed by atoms with E-state index in [-0.39, 0.29) is 11.2 Å². The minimum Gasteiger partial charge on any atom is -0.325 e. The molecule has 2 aromatic rings. The fourth-order valence-electron chi connectivity index (χ4n) is 2.05. The van der Waals surface area contributed by atoms with Crippen LogP contribution in [0.1, 0.15) is 12.0 Å². The van der Waals surface area contributed by atoms with Gasteiger partial charge < -0.3 is 5.32 Å². The molecule has 1 N–H and O–H groups in total. The fourth-order valence-corrected chi connectivity index (χ4v) is 4.50. The lowest BCUT2D eigenvalue weighted by Gasteiger charge is -2.10. The molecule has 0 unspecified atom stereocenters. The molecule has 1 aromatic heterocycles. The quantitative estimate of drug-likeness (QED) is 0.878. The van der Waals surface area contributed by atoms with Crippen molar-refractivity contribution >= 4 is 46.7 Å². The van der Waals surface area contributed by atoms with Gasteiger partial charge in [0, 0.05) is 5.69 Å². The SMILES string of the molecule is CSc1nsc(S[C@H]2CCc3ccccc3NC2=O)n1. The first-order valence-corrected chi connectivity index (χ1v) is 9.07. The number of nitrogens with zero attached hydrogens (tertiary/aromatic N) is 2. The van der Waals surface area contributed by atoms with Gasteiger partial charge in [-0.3, -0.25) is 4.79 Å². The molecule has 20 heavy (non-hydrogen) atoms. The van der Waals surface area contributed by atoms with Crippen LogP contribution in [-0.4, -0.2) is 26.8 Å². The van der Waals surface area contributed by atoms with Crippen LogP contribution in [0.2, 0.25) is 0 Å². The molecular weight excluding hydrogens is 310 g/mol. The van der Waals surface area contributed by atoms with Gasteiger partial charge in [-0.05, 0) is 42.3 Å². The molecule has 4 nitrogen and oxygen atoms in total. The van der Waals surface area contributed by atoms with Crippen molar-refractivity contribution in [3.05, 3.63) is 29.8 Å². The van der Waals surface area contributed by atoms with Crippen molar-refractivity contribution in [2.45, 2.75) is 27.6 Å². The Balaban J connectivity index is 1.74. The second kappa shape index (κ2) is 6.15. The van der Waals surface area contributed by atoms with Gasteiger partial charge in [-0.25, -0.2) is 4.98 Å². The molecule has 2 heterocycles. The molecule has 3 rings (SSSR count). The molecule has 0 bridgehead atoms. The first kappa shape index (κ1) is 13.9. The predicted molar refractivity (Wildman–Crippen MR) is 84.7 cm³/mol. The Morgan fingerprint density at radius 3 is 3.05 bits per heavy atom. The topological polar surface area (TPSA) is 54.9 Å². The average molecular weight is 323 g/mol. The number of nitrogens with one attached hydrogen (secondary N) is 1. The van der Waals surface area contributed by atoms with Crippen molar-refractivity contribution < 1.29 is 4.79 Å². The Kier molecular flexibility index (Phi) is 4.28. The predicted octanol–water partition coefficient (Wildman–Crippen LogP) is 3.31. The summed E-state index contributed by atoms with van der Waals surface area (Å²) >= 11 is 4.39. The maximum absolute atomic E-state index is 12.3. The summed E-state index contributed by atoms with van der Waals surface area (Å²) in [5.41, 5.74) is 2.13. The normalized spacial score (nSPS) is 18.2. The molecule has 1 amide bonds. The van der Waals surface area contributed by atoms with Gasteiger partial charge in [0.05, 0.1) is 5.25 Å².